The van der Waals surface area contributed by atoms with Gasteiger partial charge in [-0.15, -0.1) is 0 Å². The second-order valence-corrected chi connectivity index (χ2v) is 3.83. The van der Waals surface area contributed by atoms with Gasteiger partial charge < -0.3 is 5.32 Å². The van der Waals surface area contributed by atoms with Crippen LogP contribution in [0.1, 0.15) is 12.5 Å². The van der Waals surface area contributed by atoms with E-state index >= 15 is 0 Å². The average molecular weight is 239 g/mol. The number of nitriles is 1. The van der Waals surface area contributed by atoms with Gasteiger partial charge in [-0.1, -0.05) is 6.07 Å². The molecular weight excluding hydrogens is 228 g/mol. The molecule has 3 heteroatoms. The number of hydrogen-bond acceptors (Lipinski definition) is 2. The molecule has 0 spiro atoms. The van der Waals surface area contributed by atoms with Gasteiger partial charge in [0.1, 0.15) is 6.04 Å². The molecule has 68 valence electrons. The highest BCUT2D eigenvalue weighted by molar-refractivity contribution is 9.10. The lowest BCUT2D eigenvalue weighted by molar-refractivity contribution is 1.01. The van der Waals surface area contributed by atoms with Crippen molar-refractivity contribution in [2.45, 2.75) is 19.9 Å². The van der Waals surface area contributed by atoms with E-state index in [1.54, 1.807) is 0 Å². The van der Waals surface area contributed by atoms with Crippen LogP contribution in [-0.2, 0) is 0 Å². The molecule has 0 radical (unpaired) electrons. The van der Waals surface area contributed by atoms with E-state index in [0.717, 1.165) is 10.2 Å². The number of hydrogen-bond donors (Lipinski definition) is 1. The maximum absolute atomic E-state index is 8.61. The lowest BCUT2D eigenvalue weighted by atomic mass is 10.2. The van der Waals surface area contributed by atoms with Gasteiger partial charge in [-0.3, -0.25) is 0 Å². The molecule has 1 aromatic carbocycles. The van der Waals surface area contributed by atoms with Gasteiger partial charge in [-0.25, -0.2) is 0 Å². The summed E-state index contributed by atoms with van der Waals surface area (Å²) >= 11 is 3.43. The largest absolute Gasteiger partial charge is 0.369 e. The minimum atomic E-state index is -0.168. The van der Waals surface area contributed by atoms with Crippen LogP contribution in [0.3, 0.4) is 0 Å². The molecule has 1 rings (SSSR count). The minimum Gasteiger partial charge on any atom is -0.369 e. The van der Waals surface area contributed by atoms with Crippen LogP contribution in [0.4, 0.5) is 5.69 Å². The highest BCUT2D eigenvalue weighted by Gasteiger charge is 2.02. The molecule has 2 nitrogen and oxygen atoms in total. The summed E-state index contributed by atoms with van der Waals surface area (Å²) in [6.07, 6.45) is 0. The summed E-state index contributed by atoms with van der Waals surface area (Å²) in [7, 11) is 0. The molecule has 0 bridgehead atoms. The van der Waals surface area contributed by atoms with E-state index in [0.29, 0.717) is 0 Å². The van der Waals surface area contributed by atoms with Gasteiger partial charge in [-0.05, 0) is 47.5 Å². The number of aryl methyl sites for hydroxylation is 1. The molecule has 0 aromatic heterocycles. The predicted octanol–water partition coefficient (Wildman–Crippen LogP) is 3.08. The smallest absolute Gasteiger partial charge is 0.111 e. The molecule has 0 saturated carbocycles. The molecule has 0 aliphatic rings. The third kappa shape index (κ3) is 2.74. The fraction of sp³-hybridized carbons (Fsp3) is 0.300. The maximum atomic E-state index is 8.61. The molecule has 0 aliphatic heterocycles. The van der Waals surface area contributed by atoms with Crippen LogP contribution < -0.4 is 5.32 Å². The first-order valence-electron chi connectivity index (χ1n) is 4.06. The Morgan fingerprint density at radius 3 is 2.77 bits per heavy atom. The Bertz CT molecular complexity index is 341. The van der Waals surface area contributed by atoms with Crippen molar-refractivity contribution < 1.29 is 0 Å². The summed E-state index contributed by atoms with van der Waals surface area (Å²) in [5.41, 5.74) is 2.15. The third-order valence-corrected chi connectivity index (χ3v) is 2.35. The van der Waals surface area contributed by atoms with Gasteiger partial charge in [-0.2, -0.15) is 5.26 Å². The molecule has 0 saturated heterocycles. The fourth-order valence-corrected chi connectivity index (χ4v) is 1.61. The zero-order valence-corrected chi connectivity index (χ0v) is 9.22. The van der Waals surface area contributed by atoms with E-state index in [2.05, 4.69) is 27.3 Å². The van der Waals surface area contributed by atoms with E-state index in [-0.39, 0.29) is 6.04 Å². The second kappa shape index (κ2) is 4.29. The monoisotopic (exact) mass is 238 g/mol. The Morgan fingerprint density at radius 2 is 2.23 bits per heavy atom. The Hall–Kier alpha value is -1.01. The molecule has 1 N–H and O–H groups in total. The molecule has 13 heavy (non-hydrogen) atoms. The molecule has 1 aromatic rings. The average Bonchev–Trinajstić information content (AvgIpc) is 2.09. The Kier molecular flexibility index (Phi) is 3.32. The summed E-state index contributed by atoms with van der Waals surface area (Å²) < 4.78 is 0.995. The summed E-state index contributed by atoms with van der Waals surface area (Å²) in [5, 5.41) is 11.7. The van der Waals surface area contributed by atoms with Crippen LogP contribution in [0.2, 0.25) is 0 Å². The summed E-state index contributed by atoms with van der Waals surface area (Å²) in [6.45, 7) is 3.86. The van der Waals surface area contributed by atoms with E-state index in [4.69, 9.17) is 5.26 Å². The van der Waals surface area contributed by atoms with Crippen molar-refractivity contribution in [1.29, 1.82) is 5.26 Å². The van der Waals surface area contributed by atoms with E-state index in [1.807, 2.05) is 32.0 Å². The third-order valence-electron chi connectivity index (χ3n) is 1.69. The number of halogens is 1. The van der Waals surface area contributed by atoms with Crippen LogP contribution in [0.5, 0.6) is 0 Å². The molecule has 0 amide bonds. The molecular formula is C10H11BrN2. The summed E-state index contributed by atoms with van der Waals surface area (Å²) in [4.78, 5) is 0. The Labute approximate surface area is 86.7 Å². The number of nitrogens with zero attached hydrogens (tertiary/aromatic N) is 1. The quantitative estimate of drug-likeness (QED) is 0.860. The Morgan fingerprint density at radius 1 is 1.54 bits per heavy atom. The maximum Gasteiger partial charge on any atom is 0.111 e. The highest BCUT2D eigenvalue weighted by Crippen LogP contribution is 2.23. The van der Waals surface area contributed by atoms with Crippen molar-refractivity contribution in [3.8, 4) is 6.07 Å². The van der Waals surface area contributed by atoms with Gasteiger partial charge >= 0.3 is 0 Å². The number of nitrogens with one attached hydrogen (secondary N) is 1. The van der Waals surface area contributed by atoms with E-state index in [9.17, 15) is 0 Å². The highest BCUT2D eigenvalue weighted by atomic mass is 79.9. The lowest BCUT2D eigenvalue weighted by Crippen LogP contribution is -2.12. The molecule has 0 heterocycles. The fourth-order valence-electron chi connectivity index (χ4n) is 1.00. The second-order valence-electron chi connectivity index (χ2n) is 2.98. The number of rotatable bonds is 2. The first-order valence-corrected chi connectivity index (χ1v) is 4.85. The summed E-state index contributed by atoms with van der Waals surface area (Å²) in [6, 6.07) is 7.95. The van der Waals surface area contributed by atoms with Crippen molar-refractivity contribution in [2.75, 3.05) is 5.32 Å². The van der Waals surface area contributed by atoms with Crippen molar-refractivity contribution in [3.05, 3.63) is 28.2 Å². The van der Waals surface area contributed by atoms with Gasteiger partial charge in [0.05, 0.1) is 6.07 Å². The SMILES string of the molecule is Cc1ccc(NC(C)C#N)c(Br)c1. The van der Waals surface area contributed by atoms with Crippen LogP contribution >= 0.6 is 15.9 Å². The molecule has 1 unspecified atom stereocenters. The first kappa shape index (κ1) is 10.1. The number of benzene rings is 1. The zero-order valence-electron chi connectivity index (χ0n) is 7.63. The zero-order chi connectivity index (χ0) is 9.84. The molecule has 0 fully saturated rings. The van der Waals surface area contributed by atoms with Gasteiger partial charge in [0, 0.05) is 10.2 Å². The van der Waals surface area contributed by atoms with Crippen LogP contribution in [0.25, 0.3) is 0 Å². The van der Waals surface area contributed by atoms with Crippen molar-refractivity contribution in [1.82, 2.24) is 0 Å². The predicted molar refractivity (Wildman–Crippen MR) is 57.6 cm³/mol. The lowest BCUT2D eigenvalue weighted by Gasteiger charge is -2.10. The van der Waals surface area contributed by atoms with E-state index in [1.165, 1.54) is 5.56 Å². The molecule has 1 atom stereocenters. The minimum absolute atomic E-state index is 0.168. The number of anilines is 1. The topological polar surface area (TPSA) is 35.8 Å². The standard InChI is InChI=1S/C10H11BrN2/c1-7-3-4-10(9(11)5-7)13-8(2)6-12/h3-5,8,13H,1-2H3. The van der Waals surface area contributed by atoms with Crippen molar-refractivity contribution >= 4 is 21.6 Å². The van der Waals surface area contributed by atoms with Crippen molar-refractivity contribution in [2.24, 2.45) is 0 Å². The summed E-state index contributed by atoms with van der Waals surface area (Å²) in [5.74, 6) is 0. The van der Waals surface area contributed by atoms with Gasteiger partial charge in [0.25, 0.3) is 0 Å². The van der Waals surface area contributed by atoms with Gasteiger partial charge in [0.15, 0.2) is 0 Å². The Balaban J connectivity index is 2.85. The van der Waals surface area contributed by atoms with Crippen LogP contribution in [0.15, 0.2) is 22.7 Å². The first-order chi connectivity index (χ1) is 6.13. The van der Waals surface area contributed by atoms with Crippen LogP contribution in [0, 0.1) is 18.3 Å². The van der Waals surface area contributed by atoms with Crippen molar-refractivity contribution in [3.63, 3.8) is 0 Å². The van der Waals surface area contributed by atoms with Gasteiger partial charge in [0.2, 0.25) is 0 Å². The normalized spacial score (nSPS) is 11.8. The molecule has 0 aliphatic carbocycles. The van der Waals surface area contributed by atoms with Crippen LogP contribution in [-0.4, -0.2) is 6.04 Å². The van der Waals surface area contributed by atoms with E-state index < -0.39 is 0 Å².